The standard InChI is InChI=1S/C12H17F/c1-8(2)10(4)11-5-6-12(13)9(3)7-11/h5-8,10H,1-4H3/t10-/m0/s1. The number of hydrogen-bond acceptors (Lipinski definition) is 0. The van der Waals surface area contributed by atoms with Crippen LogP contribution in [0.25, 0.3) is 0 Å². The highest BCUT2D eigenvalue weighted by atomic mass is 19.1. The molecule has 0 N–H and O–H groups in total. The van der Waals surface area contributed by atoms with Crippen LogP contribution in [0.1, 0.15) is 37.8 Å². The van der Waals surface area contributed by atoms with Crippen LogP contribution in [-0.4, -0.2) is 0 Å². The summed E-state index contributed by atoms with van der Waals surface area (Å²) in [5.74, 6) is 0.990. The fourth-order valence-corrected chi connectivity index (χ4v) is 1.34. The number of rotatable bonds is 2. The highest BCUT2D eigenvalue weighted by molar-refractivity contribution is 5.26. The Labute approximate surface area is 79.8 Å². The van der Waals surface area contributed by atoms with Gasteiger partial charge >= 0.3 is 0 Å². The molecule has 1 rings (SSSR count). The Morgan fingerprint density at radius 1 is 1.15 bits per heavy atom. The van der Waals surface area contributed by atoms with Gasteiger partial charge in [-0.25, -0.2) is 4.39 Å². The topological polar surface area (TPSA) is 0 Å². The largest absolute Gasteiger partial charge is 0.207 e. The van der Waals surface area contributed by atoms with Crippen molar-refractivity contribution in [2.45, 2.75) is 33.6 Å². The van der Waals surface area contributed by atoms with E-state index in [0.717, 1.165) is 5.56 Å². The van der Waals surface area contributed by atoms with Crippen molar-refractivity contribution >= 4 is 0 Å². The molecule has 0 heterocycles. The lowest BCUT2D eigenvalue weighted by atomic mass is 9.89. The first-order valence-corrected chi connectivity index (χ1v) is 4.78. The van der Waals surface area contributed by atoms with Crippen molar-refractivity contribution in [2.75, 3.05) is 0 Å². The van der Waals surface area contributed by atoms with E-state index in [1.807, 2.05) is 19.1 Å². The lowest BCUT2D eigenvalue weighted by Crippen LogP contribution is -2.02. The molecule has 0 aliphatic carbocycles. The maximum Gasteiger partial charge on any atom is 0.126 e. The molecular formula is C12H17F. The second-order valence-corrected chi connectivity index (χ2v) is 4.04. The van der Waals surface area contributed by atoms with Gasteiger partial charge in [-0.3, -0.25) is 0 Å². The zero-order chi connectivity index (χ0) is 10.0. The van der Waals surface area contributed by atoms with Crippen molar-refractivity contribution in [3.05, 3.63) is 35.1 Å². The van der Waals surface area contributed by atoms with E-state index < -0.39 is 0 Å². The van der Waals surface area contributed by atoms with Gasteiger partial charge in [0.05, 0.1) is 0 Å². The molecule has 0 aromatic heterocycles. The lowest BCUT2D eigenvalue weighted by Gasteiger charge is -2.16. The van der Waals surface area contributed by atoms with Crippen molar-refractivity contribution in [1.29, 1.82) is 0 Å². The zero-order valence-corrected chi connectivity index (χ0v) is 8.76. The second-order valence-electron chi connectivity index (χ2n) is 4.04. The summed E-state index contributed by atoms with van der Waals surface area (Å²) < 4.78 is 13.0. The Morgan fingerprint density at radius 3 is 2.23 bits per heavy atom. The molecule has 0 unspecified atom stereocenters. The maximum atomic E-state index is 13.0. The van der Waals surface area contributed by atoms with Crippen molar-refractivity contribution < 1.29 is 4.39 Å². The van der Waals surface area contributed by atoms with Gasteiger partial charge in [-0.1, -0.05) is 32.9 Å². The maximum absolute atomic E-state index is 13.0. The number of hydrogen-bond donors (Lipinski definition) is 0. The van der Waals surface area contributed by atoms with Crippen LogP contribution in [0.4, 0.5) is 4.39 Å². The summed E-state index contributed by atoms with van der Waals surface area (Å²) in [6.07, 6.45) is 0. The summed E-state index contributed by atoms with van der Waals surface area (Å²) in [5.41, 5.74) is 1.97. The first-order chi connectivity index (χ1) is 6.02. The van der Waals surface area contributed by atoms with Gasteiger partial charge in [0.25, 0.3) is 0 Å². The molecule has 0 bridgehead atoms. The van der Waals surface area contributed by atoms with Crippen LogP contribution in [0.5, 0.6) is 0 Å². The Morgan fingerprint density at radius 2 is 1.77 bits per heavy atom. The third kappa shape index (κ3) is 2.30. The van der Waals surface area contributed by atoms with Gasteiger partial charge in [0.1, 0.15) is 5.82 Å². The predicted octanol–water partition coefficient (Wildman–Crippen LogP) is 3.89. The smallest absolute Gasteiger partial charge is 0.126 e. The summed E-state index contributed by atoms with van der Waals surface area (Å²) in [6.45, 7) is 8.36. The van der Waals surface area contributed by atoms with Gasteiger partial charge in [-0.05, 0) is 36.0 Å². The molecule has 72 valence electrons. The molecule has 0 amide bonds. The molecule has 0 nitrogen and oxygen atoms in total. The van der Waals surface area contributed by atoms with Gasteiger partial charge < -0.3 is 0 Å². The number of halogens is 1. The normalized spacial score (nSPS) is 13.4. The molecule has 0 saturated heterocycles. The van der Waals surface area contributed by atoms with E-state index in [2.05, 4.69) is 20.8 Å². The van der Waals surface area contributed by atoms with Crippen molar-refractivity contribution in [3.63, 3.8) is 0 Å². The highest BCUT2D eigenvalue weighted by Crippen LogP contribution is 2.24. The molecule has 0 aliphatic heterocycles. The third-order valence-electron chi connectivity index (χ3n) is 2.71. The van der Waals surface area contributed by atoms with E-state index in [0.29, 0.717) is 11.8 Å². The fourth-order valence-electron chi connectivity index (χ4n) is 1.34. The van der Waals surface area contributed by atoms with E-state index in [-0.39, 0.29) is 5.82 Å². The quantitative estimate of drug-likeness (QED) is 0.647. The Bertz CT molecular complexity index is 289. The fraction of sp³-hybridized carbons (Fsp3) is 0.500. The van der Waals surface area contributed by atoms with E-state index in [1.165, 1.54) is 5.56 Å². The molecule has 0 spiro atoms. The minimum atomic E-state index is -0.111. The van der Waals surface area contributed by atoms with Crippen LogP contribution in [0.3, 0.4) is 0 Å². The highest BCUT2D eigenvalue weighted by Gasteiger charge is 2.10. The SMILES string of the molecule is Cc1cc([C@@H](C)C(C)C)ccc1F. The summed E-state index contributed by atoms with van der Waals surface area (Å²) in [5, 5.41) is 0. The van der Waals surface area contributed by atoms with E-state index in [9.17, 15) is 4.39 Å². The van der Waals surface area contributed by atoms with Crippen LogP contribution in [0, 0.1) is 18.7 Å². The zero-order valence-electron chi connectivity index (χ0n) is 8.76. The molecule has 1 aromatic rings. The van der Waals surface area contributed by atoms with Gasteiger partial charge in [0, 0.05) is 0 Å². The van der Waals surface area contributed by atoms with Crippen molar-refractivity contribution in [2.24, 2.45) is 5.92 Å². The third-order valence-corrected chi connectivity index (χ3v) is 2.71. The molecular weight excluding hydrogens is 163 g/mol. The summed E-state index contributed by atoms with van der Waals surface area (Å²) >= 11 is 0. The summed E-state index contributed by atoms with van der Waals surface area (Å²) in [6, 6.07) is 5.39. The molecule has 1 aromatic carbocycles. The van der Waals surface area contributed by atoms with E-state index in [4.69, 9.17) is 0 Å². The first-order valence-electron chi connectivity index (χ1n) is 4.78. The van der Waals surface area contributed by atoms with Crippen LogP contribution in [0.2, 0.25) is 0 Å². The van der Waals surface area contributed by atoms with Gasteiger partial charge in [-0.15, -0.1) is 0 Å². The van der Waals surface area contributed by atoms with Gasteiger partial charge in [0.15, 0.2) is 0 Å². The van der Waals surface area contributed by atoms with Gasteiger partial charge in [-0.2, -0.15) is 0 Å². The predicted molar refractivity (Wildman–Crippen MR) is 54.4 cm³/mol. The minimum absolute atomic E-state index is 0.111. The van der Waals surface area contributed by atoms with Crippen LogP contribution in [0.15, 0.2) is 18.2 Å². The molecule has 0 fully saturated rings. The lowest BCUT2D eigenvalue weighted by molar-refractivity contribution is 0.532. The Kier molecular flexibility index (Phi) is 3.07. The van der Waals surface area contributed by atoms with Crippen LogP contribution >= 0.6 is 0 Å². The van der Waals surface area contributed by atoms with Crippen LogP contribution in [-0.2, 0) is 0 Å². The number of aryl methyl sites for hydroxylation is 1. The Balaban J connectivity index is 2.97. The second kappa shape index (κ2) is 3.91. The first kappa shape index (κ1) is 10.2. The number of benzene rings is 1. The molecule has 13 heavy (non-hydrogen) atoms. The van der Waals surface area contributed by atoms with Crippen molar-refractivity contribution in [3.8, 4) is 0 Å². The Hall–Kier alpha value is -0.850. The average Bonchev–Trinajstić information content (AvgIpc) is 2.08. The average molecular weight is 180 g/mol. The summed E-state index contributed by atoms with van der Waals surface area (Å²) in [7, 11) is 0. The minimum Gasteiger partial charge on any atom is -0.207 e. The summed E-state index contributed by atoms with van der Waals surface area (Å²) in [4.78, 5) is 0. The molecule has 0 aliphatic rings. The monoisotopic (exact) mass is 180 g/mol. The van der Waals surface area contributed by atoms with E-state index >= 15 is 0 Å². The molecule has 0 saturated carbocycles. The van der Waals surface area contributed by atoms with E-state index in [1.54, 1.807) is 6.07 Å². The molecule has 1 atom stereocenters. The molecule has 0 radical (unpaired) electrons. The van der Waals surface area contributed by atoms with Crippen LogP contribution < -0.4 is 0 Å². The van der Waals surface area contributed by atoms with Gasteiger partial charge in [0.2, 0.25) is 0 Å². The van der Waals surface area contributed by atoms with Crippen molar-refractivity contribution in [1.82, 2.24) is 0 Å². The molecule has 1 heteroatoms.